The molecule has 0 bridgehead atoms. The molecule has 3 aromatic rings. The van der Waals surface area contributed by atoms with Crippen LogP contribution in [0.4, 0.5) is 11.4 Å². The molecule has 28 heavy (non-hydrogen) atoms. The molecule has 8 nitrogen and oxygen atoms in total. The highest BCUT2D eigenvalue weighted by atomic mass is 32.2. The fourth-order valence-electron chi connectivity index (χ4n) is 2.33. The van der Waals surface area contributed by atoms with Crippen LogP contribution >= 0.6 is 11.3 Å². The summed E-state index contributed by atoms with van der Waals surface area (Å²) in [6.45, 7) is 0. The van der Waals surface area contributed by atoms with E-state index in [-0.39, 0.29) is 11.4 Å². The first kappa shape index (κ1) is 19.6. The number of aromatic nitrogens is 1. The number of phenols is 1. The Kier molecular flexibility index (Phi) is 5.52. The molecule has 0 aliphatic carbocycles. The van der Waals surface area contributed by atoms with Gasteiger partial charge in [-0.05, 0) is 42.5 Å². The van der Waals surface area contributed by atoms with Crippen LogP contribution in [-0.2, 0) is 10.0 Å². The lowest BCUT2D eigenvalue weighted by atomic mass is 10.2. The molecule has 146 valence electrons. The van der Waals surface area contributed by atoms with Crippen molar-refractivity contribution in [3.63, 3.8) is 0 Å². The summed E-state index contributed by atoms with van der Waals surface area (Å²) in [6.07, 6.45) is 2.44. The second kappa shape index (κ2) is 7.87. The second-order valence-electron chi connectivity index (χ2n) is 5.82. The molecule has 3 N–H and O–H groups in total. The molecule has 0 atom stereocenters. The number of nitrogens with zero attached hydrogens (tertiary/aromatic N) is 1. The highest BCUT2D eigenvalue weighted by molar-refractivity contribution is 7.92. The van der Waals surface area contributed by atoms with Crippen molar-refractivity contribution in [2.75, 3.05) is 23.4 Å². The van der Waals surface area contributed by atoms with Crippen LogP contribution < -0.4 is 14.8 Å². The number of methoxy groups -OCH3 is 1. The molecule has 1 aromatic heterocycles. The van der Waals surface area contributed by atoms with Gasteiger partial charge in [0.05, 0.1) is 25.2 Å². The molecule has 0 aliphatic rings. The Morgan fingerprint density at radius 1 is 1.18 bits per heavy atom. The number of nitrogens with one attached hydrogen (secondary N) is 2. The number of amides is 1. The normalized spacial score (nSPS) is 11.1. The summed E-state index contributed by atoms with van der Waals surface area (Å²) in [5.74, 6) is 0.0837. The quantitative estimate of drug-likeness (QED) is 0.417. The van der Waals surface area contributed by atoms with E-state index in [1.54, 1.807) is 7.11 Å². The van der Waals surface area contributed by atoms with Gasteiger partial charge in [-0.15, -0.1) is 11.3 Å². The Balaban J connectivity index is 1.76. The number of phenolic OH excluding ortho intramolecular Hbond substituents is 1. The van der Waals surface area contributed by atoms with Crippen LogP contribution in [0.1, 0.15) is 9.67 Å². The van der Waals surface area contributed by atoms with Gasteiger partial charge in [-0.1, -0.05) is 0 Å². The van der Waals surface area contributed by atoms with Crippen LogP contribution in [0.15, 0.2) is 48.7 Å². The average Bonchev–Trinajstić information content (AvgIpc) is 3.14. The van der Waals surface area contributed by atoms with Gasteiger partial charge < -0.3 is 15.2 Å². The Morgan fingerprint density at radius 3 is 2.54 bits per heavy atom. The lowest BCUT2D eigenvalue weighted by Crippen LogP contribution is -2.12. The van der Waals surface area contributed by atoms with E-state index >= 15 is 0 Å². The lowest BCUT2D eigenvalue weighted by molar-refractivity contribution is 0.103. The zero-order valence-electron chi connectivity index (χ0n) is 15.0. The summed E-state index contributed by atoms with van der Waals surface area (Å²) in [4.78, 5) is 17.1. The molecule has 2 aromatic carbocycles. The minimum Gasteiger partial charge on any atom is -0.506 e. The molecule has 0 saturated carbocycles. The number of carbonyl (C=O) groups is 1. The topological polar surface area (TPSA) is 118 Å². The van der Waals surface area contributed by atoms with Gasteiger partial charge in [0.25, 0.3) is 5.91 Å². The van der Waals surface area contributed by atoms with Crippen molar-refractivity contribution in [1.82, 2.24) is 4.98 Å². The summed E-state index contributed by atoms with van der Waals surface area (Å²) in [7, 11) is -1.98. The SMILES string of the molecule is COc1ccc(-c2ncc(C(=O)Nc3ccc(O)c(NS(C)(=O)=O)c3)s2)cc1. The van der Waals surface area contributed by atoms with Crippen LogP contribution in [-0.4, -0.2) is 37.8 Å². The first-order valence-corrected chi connectivity index (χ1v) is 10.7. The zero-order chi connectivity index (χ0) is 20.3. The number of thiazole rings is 1. The molecular weight excluding hydrogens is 402 g/mol. The molecule has 10 heteroatoms. The van der Waals surface area contributed by atoms with Crippen LogP contribution in [0.3, 0.4) is 0 Å². The number of aromatic hydroxyl groups is 1. The van der Waals surface area contributed by atoms with Crippen molar-refractivity contribution in [1.29, 1.82) is 0 Å². The van der Waals surface area contributed by atoms with Crippen molar-refractivity contribution in [3.05, 3.63) is 53.5 Å². The average molecular weight is 419 g/mol. The molecule has 0 saturated heterocycles. The molecule has 0 unspecified atom stereocenters. The molecule has 0 fully saturated rings. The maximum absolute atomic E-state index is 12.5. The maximum Gasteiger partial charge on any atom is 0.267 e. The summed E-state index contributed by atoms with van der Waals surface area (Å²) in [6, 6.07) is 11.4. The van der Waals surface area contributed by atoms with Crippen LogP contribution in [0, 0.1) is 0 Å². The van der Waals surface area contributed by atoms with E-state index in [2.05, 4.69) is 15.0 Å². The third-order valence-electron chi connectivity index (χ3n) is 3.62. The molecule has 0 aliphatic heterocycles. The van der Waals surface area contributed by atoms with E-state index in [0.29, 0.717) is 15.6 Å². The van der Waals surface area contributed by atoms with Crippen LogP contribution in [0.2, 0.25) is 0 Å². The Hall–Kier alpha value is -3.11. The summed E-state index contributed by atoms with van der Waals surface area (Å²) in [5, 5.41) is 13.1. The van der Waals surface area contributed by atoms with Gasteiger partial charge in [-0.3, -0.25) is 9.52 Å². The first-order chi connectivity index (χ1) is 13.2. The predicted molar refractivity (Wildman–Crippen MR) is 109 cm³/mol. The zero-order valence-corrected chi connectivity index (χ0v) is 16.6. The smallest absolute Gasteiger partial charge is 0.267 e. The van der Waals surface area contributed by atoms with E-state index in [1.807, 2.05) is 24.3 Å². The molecule has 1 heterocycles. The summed E-state index contributed by atoms with van der Waals surface area (Å²) < 4.78 is 30.0. The highest BCUT2D eigenvalue weighted by Crippen LogP contribution is 2.29. The lowest BCUT2D eigenvalue weighted by Gasteiger charge is -2.09. The van der Waals surface area contributed by atoms with Gasteiger partial charge in [0.1, 0.15) is 21.4 Å². The van der Waals surface area contributed by atoms with E-state index < -0.39 is 15.9 Å². The van der Waals surface area contributed by atoms with E-state index in [9.17, 15) is 18.3 Å². The van der Waals surface area contributed by atoms with Gasteiger partial charge in [0.2, 0.25) is 10.0 Å². The third kappa shape index (κ3) is 4.78. The maximum atomic E-state index is 12.5. The van der Waals surface area contributed by atoms with Crippen molar-refractivity contribution in [2.24, 2.45) is 0 Å². The fourth-order valence-corrected chi connectivity index (χ4v) is 3.71. The highest BCUT2D eigenvalue weighted by Gasteiger charge is 2.14. The molecular formula is C18H17N3O5S2. The number of rotatable bonds is 6. The minimum absolute atomic E-state index is 0.0245. The Morgan fingerprint density at radius 2 is 1.89 bits per heavy atom. The van der Waals surface area contributed by atoms with Crippen molar-refractivity contribution >= 4 is 38.6 Å². The van der Waals surface area contributed by atoms with Crippen molar-refractivity contribution < 1.29 is 23.1 Å². The third-order valence-corrected chi connectivity index (χ3v) is 5.25. The number of anilines is 2. The van der Waals surface area contributed by atoms with Gasteiger partial charge in [-0.25, -0.2) is 13.4 Å². The standard InChI is InChI=1S/C18H17N3O5S2/c1-26-13-6-3-11(4-7-13)18-19-10-16(27-18)17(23)20-12-5-8-15(22)14(9-12)21-28(2,24)25/h3-10,21-22H,1-2H3,(H,20,23). The summed E-state index contributed by atoms with van der Waals surface area (Å²) in [5.41, 5.74) is 1.16. The van der Waals surface area contributed by atoms with E-state index in [0.717, 1.165) is 17.6 Å². The second-order valence-corrected chi connectivity index (χ2v) is 8.60. The van der Waals surface area contributed by atoms with Crippen molar-refractivity contribution in [3.8, 4) is 22.1 Å². The largest absolute Gasteiger partial charge is 0.506 e. The Labute approximate surface area is 165 Å². The number of carbonyl (C=O) groups excluding carboxylic acids is 1. The van der Waals surface area contributed by atoms with Crippen LogP contribution in [0.25, 0.3) is 10.6 Å². The number of sulfonamides is 1. The minimum atomic E-state index is -3.57. The van der Waals surface area contributed by atoms with E-state index in [1.165, 1.54) is 35.7 Å². The fraction of sp³-hybridized carbons (Fsp3) is 0.111. The Bertz CT molecular complexity index is 1110. The summed E-state index contributed by atoms with van der Waals surface area (Å²) >= 11 is 1.22. The number of ether oxygens (including phenoxy) is 1. The monoisotopic (exact) mass is 419 g/mol. The molecule has 3 rings (SSSR count). The van der Waals surface area contributed by atoms with Gasteiger partial charge in [0, 0.05) is 11.3 Å². The molecule has 0 spiro atoms. The van der Waals surface area contributed by atoms with Gasteiger partial charge in [0.15, 0.2) is 0 Å². The van der Waals surface area contributed by atoms with Gasteiger partial charge >= 0.3 is 0 Å². The number of hydrogen-bond acceptors (Lipinski definition) is 7. The number of hydrogen-bond donors (Lipinski definition) is 3. The molecule has 1 amide bonds. The van der Waals surface area contributed by atoms with Crippen molar-refractivity contribution in [2.45, 2.75) is 0 Å². The number of benzene rings is 2. The molecule has 0 radical (unpaired) electrons. The van der Waals surface area contributed by atoms with Crippen LogP contribution in [0.5, 0.6) is 11.5 Å². The van der Waals surface area contributed by atoms with E-state index in [4.69, 9.17) is 4.74 Å². The van der Waals surface area contributed by atoms with Gasteiger partial charge in [-0.2, -0.15) is 0 Å². The predicted octanol–water partition coefficient (Wildman–Crippen LogP) is 3.15. The first-order valence-electron chi connectivity index (χ1n) is 7.97.